The predicted molar refractivity (Wildman–Crippen MR) is 49.8 cm³/mol. The van der Waals surface area contributed by atoms with Gasteiger partial charge < -0.3 is 0 Å². The summed E-state index contributed by atoms with van der Waals surface area (Å²) in [6, 6.07) is 0. The standard InChI is InChI=1S/C8H18O3S.Na/c1-2-3-4-5-6-7-8-12(9,10)11;/h2-8H2,1H3,(H,9,10,11);/q;+1. The minimum absolute atomic E-state index is 0. The minimum Gasteiger partial charge on any atom is -0.286 e. The molecule has 5 heteroatoms. The van der Waals surface area contributed by atoms with Crippen molar-refractivity contribution in [2.45, 2.75) is 45.4 Å². The van der Waals surface area contributed by atoms with Crippen LogP contribution in [0.15, 0.2) is 0 Å². The summed E-state index contributed by atoms with van der Waals surface area (Å²) in [5.74, 6) is -0.0842. The van der Waals surface area contributed by atoms with Crippen molar-refractivity contribution in [1.29, 1.82) is 0 Å². The smallest absolute Gasteiger partial charge is 0.286 e. The van der Waals surface area contributed by atoms with Gasteiger partial charge in [-0.15, -0.1) is 0 Å². The maximum Gasteiger partial charge on any atom is 1.00 e. The zero-order chi connectivity index (χ0) is 9.45. The van der Waals surface area contributed by atoms with Gasteiger partial charge in [-0.2, -0.15) is 8.42 Å². The molecule has 0 unspecified atom stereocenters. The first kappa shape index (κ1) is 16.3. The fraction of sp³-hybridized carbons (Fsp3) is 1.00. The molecule has 0 aliphatic carbocycles. The van der Waals surface area contributed by atoms with Gasteiger partial charge in [0.2, 0.25) is 0 Å². The maximum absolute atomic E-state index is 10.3. The summed E-state index contributed by atoms with van der Waals surface area (Å²) in [5, 5.41) is 0. The molecule has 0 aliphatic heterocycles. The van der Waals surface area contributed by atoms with E-state index in [-0.39, 0.29) is 35.3 Å². The summed E-state index contributed by atoms with van der Waals surface area (Å²) in [4.78, 5) is 0. The maximum atomic E-state index is 10.3. The van der Waals surface area contributed by atoms with Gasteiger partial charge in [-0.05, 0) is 6.42 Å². The average molecular weight is 217 g/mol. The molecule has 0 aliphatic rings. The summed E-state index contributed by atoms with van der Waals surface area (Å²) >= 11 is 0. The Morgan fingerprint density at radius 2 is 1.46 bits per heavy atom. The van der Waals surface area contributed by atoms with E-state index >= 15 is 0 Å². The number of hydrogen-bond donors (Lipinski definition) is 1. The van der Waals surface area contributed by atoms with Crippen LogP contribution in [-0.4, -0.2) is 18.7 Å². The molecule has 1 N–H and O–H groups in total. The van der Waals surface area contributed by atoms with Crippen molar-refractivity contribution in [1.82, 2.24) is 0 Å². The van der Waals surface area contributed by atoms with Crippen LogP contribution in [0.25, 0.3) is 0 Å². The van der Waals surface area contributed by atoms with E-state index in [1.807, 2.05) is 0 Å². The van der Waals surface area contributed by atoms with Crippen LogP contribution in [0.1, 0.15) is 45.4 Å². The molecule has 0 rings (SSSR count). The van der Waals surface area contributed by atoms with Crippen molar-refractivity contribution in [3.05, 3.63) is 0 Å². The van der Waals surface area contributed by atoms with Crippen LogP contribution >= 0.6 is 0 Å². The molecule has 0 bridgehead atoms. The Balaban J connectivity index is 0. The molecule has 0 aromatic heterocycles. The predicted octanol–water partition coefficient (Wildman–Crippen LogP) is -0.761. The Bertz CT molecular complexity index is 190. The summed E-state index contributed by atoms with van der Waals surface area (Å²) in [5.41, 5.74) is 0. The summed E-state index contributed by atoms with van der Waals surface area (Å²) in [6.45, 7) is 2.14. The molecule has 0 fully saturated rings. The third-order valence-electron chi connectivity index (χ3n) is 1.76. The zero-order valence-corrected chi connectivity index (χ0v) is 11.4. The molecule has 0 aromatic carbocycles. The van der Waals surface area contributed by atoms with Crippen LogP contribution < -0.4 is 29.6 Å². The fourth-order valence-corrected chi connectivity index (χ4v) is 1.63. The van der Waals surface area contributed by atoms with Gasteiger partial charge in [-0.25, -0.2) is 0 Å². The minimum atomic E-state index is -3.72. The molecule has 3 nitrogen and oxygen atoms in total. The van der Waals surface area contributed by atoms with E-state index in [4.69, 9.17) is 4.55 Å². The van der Waals surface area contributed by atoms with Gasteiger partial charge in [0.15, 0.2) is 0 Å². The number of rotatable bonds is 7. The Morgan fingerprint density at radius 3 is 1.92 bits per heavy atom. The van der Waals surface area contributed by atoms with Gasteiger partial charge in [0.05, 0.1) is 5.75 Å². The van der Waals surface area contributed by atoms with Crippen molar-refractivity contribution < 1.29 is 42.5 Å². The molecule has 0 saturated carbocycles. The number of hydrogen-bond acceptors (Lipinski definition) is 2. The van der Waals surface area contributed by atoms with Gasteiger partial charge in [0.1, 0.15) is 0 Å². The monoisotopic (exact) mass is 217 g/mol. The Hall–Kier alpha value is 0.910. The molecular weight excluding hydrogens is 199 g/mol. The molecule has 0 amide bonds. The molecular formula is C8H18NaO3S+. The van der Waals surface area contributed by atoms with Crippen LogP contribution in [0, 0.1) is 0 Å². The van der Waals surface area contributed by atoms with Crippen LogP contribution in [0.2, 0.25) is 0 Å². The SMILES string of the molecule is CCCCCCCCS(=O)(=O)O.[Na+]. The normalized spacial score (nSPS) is 10.9. The van der Waals surface area contributed by atoms with Crippen molar-refractivity contribution in [2.75, 3.05) is 5.75 Å². The van der Waals surface area contributed by atoms with E-state index in [1.54, 1.807) is 0 Å². The van der Waals surface area contributed by atoms with E-state index in [0.29, 0.717) is 6.42 Å². The van der Waals surface area contributed by atoms with Gasteiger partial charge >= 0.3 is 29.6 Å². The number of unbranched alkanes of at least 4 members (excludes halogenated alkanes) is 5. The molecule has 0 spiro atoms. The second-order valence-electron chi connectivity index (χ2n) is 3.05. The average Bonchev–Trinajstić information content (AvgIpc) is 1.94. The molecule has 0 atom stereocenters. The summed E-state index contributed by atoms with van der Waals surface area (Å²) < 4.78 is 28.9. The molecule has 13 heavy (non-hydrogen) atoms. The summed E-state index contributed by atoms with van der Waals surface area (Å²) in [7, 11) is -3.72. The van der Waals surface area contributed by atoms with Gasteiger partial charge in [0, 0.05) is 0 Å². The third-order valence-corrected chi connectivity index (χ3v) is 2.56. The van der Waals surface area contributed by atoms with Crippen LogP contribution in [0.4, 0.5) is 0 Å². The second kappa shape index (κ2) is 9.46. The van der Waals surface area contributed by atoms with Crippen molar-refractivity contribution >= 4 is 10.1 Å². The first-order valence-electron chi connectivity index (χ1n) is 4.51. The van der Waals surface area contributed by atoms with Crippen molar-refractivity contribution in [3.63, 3.8) is 0 Å². The topological polar surface area (TPSA) is 54.4 Å². The first-order valence-corrected chi connectivity index (χ1v) is 6.12. The van der Waals surface area contributed by atoms with E-state index in [1.165, 1.54) is 19.3 Å². The van der Waals surface area contributed by atoms with Gasteiger partial charge in [0.25, 0.3) is 10.1 Å². The molecule has 0 heterocycles. The van der Waals surface area contributed by atoms with E-state index in [0.717, 1.165) is 12.8 Å². The van der Waals surface area contributed by atoms with Crippen molar-refractivity contribution in [3.8, 4) is 0 Å². The Kier molecular flexibility index (Phi) is 11.9. The Labute approximate surface area is 103 Å². The second-order valence-corrected chi connectivity index (χ2v) is 4.63. The Morgan fingerprint density at radius 1 is 1.00 bits per heavy atom. The molecule has 0 aromatic rings. The molecule has 74 valence electrons. The van der Waals surface area contributed by atoms with E-state index in [9.17, 15) is 8.42 Å². The molecule has 0 radical (unpaired) electrons. The zero-order valence-electron chi connectivity index (χ0n) is 8.62. The quantitative estimate of drug-likeness (QED) is 0.346. The molecule has 0 saturated heterocycles. The largest absolute Gasteiger partial charge is 1.00 e. The van der Waals surface area contributed by atoms with Gasteiger partial charge in [-0.1, -0.05) is 39.0 Å². The third kappa shape index (κ3) is 15.6. The van der Waals surface area contributed by atoms with Crippen LogP contribution in [0.5, 0.6) is 0 Å². The van der Waals surface area contributed by atoms with Crippen LogP contribution in [-0.2, 0) is 10.1 Å². The first-order chi connectivity index (χ1) is 5.56. The fourth-order valence-electron chi connectivity index (χ4n) is 1.06. The summed E-state index contributed by atoms with van der Waals surface area (Å²) in [6.07, 6.45) is 6.14. The van der Waals surface area contributed by atoms with Gasteiger partial charge in [-0.3, -0.25) is 4.55 Å². The van der Waals surface area contributed by atoms with Crippen LogP contribution in [0.3, 0.4) is 0 Å². The van der Waals surface area contributed by atoms with E-state index in [2.05, 4.69) is 6.92 Å². The van der Waals surface area contributed by atoms with E-state index < -0.39 is 10.1 Å². The van der Waals surface area contributed by atoms with Crippen molar-refractivity contribution in [2.24, 2.45) is 0 Å².